The van der Waals surface area contributed by atoms with Crippen LogP contribution in [0.15, 0.2) is 30.3 Å². The topological polar surface area (TPSA) is 20.2 Å². The summed E-state index contributed by atoms with van der Waals surface area (Å²) in [5.41, 5.74) is 0.454. The molecule has 1 aromatic carbocycles. The molecule has 0 heterocycles. The summed E-state index contributed by atoms with van der Waals surface area (Å²) < 4.78 is 0. The van der Waals surface area contributed by atoms with E-state index in [4.69, 9.17) is 0 Å². The van der Waals surface area contributed by atoms with Gasteiger partial charge in [-0.1, -0.05) is 49.3 Å². The fourth-order valence-electron chi connectivity index (χ4n) is 3.14. The van der Waals surface area contributed by atoms with Crippen LogP contribution in [-0.4, -0.2) is 10.7 Å². The molecular weight excluding hydrogens is 208 g/mol. The maximum atomic E-state index is 10.5. The van der Waals surface area contributed by atoms with Crippen LogP contribution in [0.5, 0.6) is 0 Å². The van der Waals surface area contributed by atoms with Gasteiger partial charge >= 0.3 is 0 Å². The molecule has 17 heavy (non-hydrogen) atoms. The van der Waals surface area contributed by atoms with Gasteiger partial charge in [-0.3, -0.25) is 0 Å². The molecule has 1 N–H and O–H groups in total. The second-order valence-corrected chi connectivity index (χ2v) is 5.49. The van der Waals surface area contributed by atoms with Gasteiger partial charge < -0.3 is 5.11 Å². The Morgan fingerprint density at radius 2 is 1.71 bits per heavy atom. The van der Waals surface area contributed by atoms with Crippen LogP contribution >= 0.6 is 0 Å². The quantitative estimate of drug-likeness (QED) is 0.674. The van der Waals surface area contributed by atoms with Crippen LogP contribution in [0.4, 0.5) is 0 Å². The number of rotatable bonds is 0. The van der Waals surface area contributed by atoms with Crippen molar-refractivity contribution in [1.82, 2.24) is 0 Å². The lowest BCUT2D eigenvalue weighted by molar-refractivity contribution is 0.131. The molecule has 1 nitrogen and oxygen atoms in total. The SMILES string of the molecule is OC1(C#Cc2ccccc2)CC12CCCCC2. The van der Waals surface area contributed by atoms with Crippen LogP contribution in [-0.2, 0) is 0 Å². The van der Waals surface area contributed by atoms with Gasteiger partial charge in [-0.2, -0.15) is 0 Å². The second-order valence-electron chi connectivity index (χ2n) is 5.49. The highest BCUT2D eigenvalue weighted by atomic mass is 16.3. The monoisotopic (exact) mass is 226 g/mol. The van der Waals surface area contributed by atoms with Crippen molar-refractivity contribution in [2.45, 2.75) is 44.1 Å². The number of hydrogen-bond donors (Lipinski definition) is 1. The van der Waals surface area contributed by atoms with E-state index >= 15 is 0 Å². The Morgan fingerprint density at radius 3 is 2.41 bits per heavy atom. The highest BCUT2D eigenvalue weighted by Crippen LogP contribution is 2.63. The molecule has 2 fully saturated rings. The van der Waals surface area contributed by atoms with Crippen molar-refractivity contribution >= 4 is 0 Å². The lowest BCUT2D eigenvalue weighted by atomic mass is 9.83. The van der Waals surface area contributed by atoms with Crippen LogP contribution in [0.1, 0.15) is 44.1 Å². The van der Waals surface area contributed by atoms with E-state index < -0.39 is 5.60 Å². The normalized spacial score (nSPS) is 29.5. The van der Waals surface area contributed by atoms with Gasteiger partial charge in [0.05, 0.1) is 0 Å². The van der Waals surface area contributed by atoms with E-state index in [9.17, 15) is 5.11 Å². The third-order valence-electron chi connectivity index (χ3n) is 4.34. The fraction of sp³-hybridized carbons (Fsp3) is 0.500. The highest BCUT2D eigenvalue weighted by Gasteiger charge is 2.65. The Bertz CT molecular complexity index is 459. The first-order chi connectivity index (χ1) is 8.24. The zero-order chi connectivity index (χ0) is 11.8. The molecule has 88 valence electrons. The smallest absolute Gasteiger partial charge is 0.132 e. The third-order valence-corrected chi connectivity index (χ3v) is 4.34. The van der Waals surface area contributed by atoms with E-state index in [1.165, 1.54) is 19.3 Å². The molecule has 1 unspecified atom stereocenters. The lowest BCUT2D eigenvalue weighted by Gasteiger charge is -2.23. The van der Waals surface area contributed by atoms with Gasteiger partial charge in [0, 0.05) is 11.0 Å². The van der Waals surface area contributed by atoms with Gasteiger partial charge in [0.1, 0.15) is 5.60 Å². The Morgan fingerprint density at radius 1 is 1.00 bits per heavy atom. The van der Waals surface area contributed by atoms with Crippen molar-refractivity contribution in [3.8, 4) is 11.8 Å². The molecule has 0 amide bonds. The van der Waals surface area contributed by atoms with Crippen molar-refractivity contribution in [1.29, 1.82) is 0 Å². The Labute approximate surface area is 103 Å². The Balaban J connectivity index is 1.77. The maximum absolute atomic E-state index is 10.5. The van der Waals surface area contributed by atoms with Crippen LogP contribution in [0.25, 0.3) is 0 Å². The van der Waals surface area contributed by atoms with E-state index in [2.05, 4.69) is 11.8 Å². The molecule has 2 aliphatic rings. The molecule has 1 aromatic rings. The summed E-state index contributed by atoms with van der Waals surface area (Å²) in [6.07, 6.45) is 7.05. The van der Waals surface area contributed by atoms with Crippen molar-refractivity contribution in [3.63, 3.8) is 0 Å². The summed E-state index contributed by atoms with van der Waals surface area (Å²) in [6.45, 7) is 0. The first kappa shape index (κ1) is 10.9. The van der Waals surface area contributed by atoms with E-state index in [0.29, 0.717) is 0 Å². The molecule has 0 aliphatic heterocycles. The second kappa shape index (κ2) is 3.89. The molecular formula is C16H18O. The molecule has 0 aromatic heterocycles. The van der Waals surface area contributed by atoms with Gasteiger partial charge in [-0.25, -0.2) is 0 Å². The molecule has 1 spiro atoms. The molecule has 1 atom stereocenters. The predicted molar refractivity (Wildman–Crippen MR) is 68.4 cm³/mol. The van der Waals surface area contributed by atoms with Crippen molar-refractivity contribution in [3.05, 3.63) is 35.9 Å². The Kier molecular flexibility index (Phi) is 2.49. The minimum atomic E-state index is -0.691. The van der Waals surface area contributed by atoms with Crippen LogP contribution in [0.3, 0.4) is 0 Å². The van der Waals surface area contributed by atoms with Crippen LogP contribution in [0, 0.1) is 17.3 Å². The molecule has 3 rings (SSSR count). The molecule has 2 saturated carbocycles. The third kappa shape index (κ3) is 1.87. The summed E-state index contributed by atoms with van der Waals surface area (Å²) in [4.78, 5) is 0. The van der Waals surface area contributed by atoms with Crippen LogP contribution < -0.4 is 0 Å². The minimum Gasteiger partial charge on any atom is -0.377 e. The van der Waals surface area contributed by atoms with Crippen molar-refractivity contribution < 1.29 is 5.11 Å². The van der Waals surface area contributed by atoms with Gasteiger partial charge in [0.2, 0.25) is 0 Å². The van der Waals surface area contributed by atoms with Gasteiger partial charge in [0.25, 0.3) is 0 Å². The zero-order valence-corrected chi connectivity index (χ0v) is 10.1. The number of aliphatic hydroxyl groups is 1. The van der Waals surface area contributed by atoms with Crippen molar-refractivity contribution in [2.24, 2.45) is 5.41 Å². The lowest BCUT2D eigenvalue weighted by Crippen LogP contribution is -2.21. The summed E-state index contributed by atoms with van der Waals surface area (Å²) in [5, 5.41) is 10.5. The first-order valence-corrected chi connectivity index (χ1v) is 6.55. The highest BCUT2D eigenvalue weighted by molar-refractivity contribution is 5.41. The summed E-state index contributed by atoms with van der Waals surface area (Å²) in [6, 6.07) is 9.94. The standard InChI is InChI=1S/C16H18O/c17-16(12-9-14-7-3-1-4-8-14)13-15(16)10-5-2-6-11-15/h1,3-4,7-8,17H,2,5-6,10-11,13H2. The van der Waals surface area contributed by atoms with E-state index in [-0.39, 0.29) is 5.41 Å². The van der Waals surface area contributed by atoms with Gasteiger partial charge in [0.15, 0.2) is 0 Å². The molecule has 2 aliphatic carbocycles. The maximum Gasteiger partial charge on any atom is 0.132 e. The summed E-state index contributed by atoms with van der Waals surface area (Å²) >= 11 is 0. The minimum absolute atomic E-state index is 0.146. The van der Waals surface area contributed by atoms with Crippen LogP contribution in [0.2, 0.25) is 0 Å². The van der Waals surface area contributed by atoms with E-state index in [1.54, 1.807) is 0 Å². The van der Waals surface area contributed by atoms with E-state index in [1.807, 2.05) is 30.3 Å². The number of hydrogen-bond acceptors (Lipinski definition) is 1. The average Bonchev–Trinajstić information content (AvgIpc) is 2.93. The molecule has 0 radical (unpaired) electrons. The molecule has 0 saturated heterocycles. The van der Waals surface area contributed by atoms with E-state index in [0.717, 1.165) is 24.8 Å². The number of benzene rings is 1. The Hall–Kier alpha value is -1.26. The average molecular weight is 226 g/mol. The fourth-order valence-corrected chi connectivity index (χ4v) is 3.14. The van der Waals surface area contributed by atoms with Gasteiger partial charge in [-0.15, -0.1) is 0 Å². The molecule has 0 bridgehead atoms. The summed E-state index contributed by atoms with van der Waals surface area (Å²) in [7, 11) is 0. The molecule has 1 heteroatoms. The van der Waals surface area contributed by atoms with Gasteiger partial charge in [-0.05, 0) is 31.4 Å². The van der Waals surface area contributed by atoms with Crippen molar-refractivity contribution in [2.75, 3.05) is 0 Å². The predicted octanol–water partition coefficient (Wildman–Crippen LogP) is 3.12. The first-order valence-electron chi connectivity index (χ1n) is 6.55. The summed E-state index contributed by atoms with van der Waals surface area (Å²) in [5.74, 6) is 6.23. The largest absolute Gasteiger partial charge is 0.377 e. The zero-order valence-electron chi connectivity index (χ0n) is 10.1.